The number of carbonyl (C=O) groups is 2. The molecule has 0 saturated heterocycles. The zero-order valence-corrected chi connectivity index (χ0v) is 12.4. The first-order valence-corrected chi connectivity index (χ1v) is 6.93. The quantitative estimate of drug-likeness (QED) is 0.854. The van der Waals surface area contributed by atoms with Crippen LogP contribution in [0.3, 0.4) is 0 Å². The summed E-state index contributed by atoms with van der Waals surface area (Å²) in [5.41, 5.74) is 2.94. The second-order valence-corrected chi connectivity index (χ2v) is 5.33. The summed E-state index contributed by atoms with van der Waals surface area (Å²) in [7, 11) is 3.43. The molecule has 2 aromatic carbocycles. The predicted octanol–water partition coefficient (Wildman–Crippen LogP) is 3.08. The fraction of sp³-hybridized carbons (Fsp3) is 0.176. The molecule has 1 atom stereocenters. The summed E-state index contributed by atoms with van der Waals surface area (Å²) in [6, 6.07) is 14.3. The van der Waals surface area contributed by atoms with Gasteiger partial charge in [-0.25, -0.2) is 0 Å². The van der Waals surface area contributed by atoms with E-state index < -0.39 is 0 Å². The number of rotatable bonds is 2. The molecule has 5 nitrogen and oxygen atoms in total. The lowest BCUT2D eigenvalue weighted by molar-refractivity contribution is 0.0827. The van der Waals surface area contributed by atoms with Crippen LogP contribution in [0.15, 0.2) is 58.8 Å². The van der Waals surface area contributed by atoms with Gasteiger partial charge in [0, 0.05) is 25.2 Å². The van der Waals surface area contributed by atoms with Crippen LogP contribution in [0.4, 0.5) is 0 Å². The normalized spacial score (nSPS) is 16.3. The lowest BCUT2D eigenvalue weighted by Gasteiger charge is -2.18. The second kappa shape index (κ2) is 5.52. The van der Waals surface area contributed by atoms with Crippen molar-refractivity contribution in [3.8, 4) is 0 Å². The Morgan fingerprint density at radius 1 is 1.05 bits per heavy atom. The molecule has 2 amide bonds. The Bertz CT molecular complexity index is 764. The van der Waals surface area contributed by atoms with E-state index in [4.69, 9.17) is 0 Å². The number of benzene rings is 2. The summed E-state index contributed by atoms with van der Waals surface area (Å²) in [6.07, 6.45) is 0. The smallest absolute Gasteiger partial charge is 0.295 e. The highest BCUT2D eigenvalue weighted by Gasteiger charge is 2.24. The Kier molecular flexibility index (Phi) is 3.55. The highest BCUT2D eigenvalue weighted by atomic mass is 16.2. The molecule has 3 rings (SSSR count). The van der Waals surface area contributed by atoms with Gasteiger partial charge in [-0.2, -0.15) is 5.11 Å². The van der Waals surface area contributed by atoms with E-state index in [1.165, 1.54) is 4.90 Å². The minimum Gasteiger partial charge on any atom is -0.345 e. The molecule has 110 valence electrons. The van der Waals surface area contributed by atoms with Gasteiger partial charge in [-0.15, -0.1) is 5.11 Å². The van der Waals surface area contributed by atoms with Gasteiger partial charge in [-0.05, 0) is 29.3 Å². The summed E-state index contributed by atoms with van der Waals surface area (Å²) < 4.78 is 0. The van der Waals surface area contributed by atoms with E-state index in [-0.39, 0.29) is 17.9 Å². The van der Waals surface area contributed by atoms with Crippen LogP contribution in [-0.4, -0.2) is 30.8 Å². The van der Waals surface area contributed by atoms with E-state index in [2.05, 4.69) is 10.2 Å². The van der Waals surface area contributed by atoms with Crippen molar-refractivity contribution < 1.29 is 9.59 Å². The van der Waals surface area contributed by atoms with Crippen LogP contribution in [-0.2, 0) is 0 Å². The summed E-state index contributed by atoms with van der Waals surface area (Å²) in [5.74, 6) is -0.362. The third kappa shape index (κ3) is 2.41. The standard InChI is InChI=1S/C17H15N3O2/c1-20(2)17(22)12-9-7-11(8-10-12)15-13-5-3-4-6-14(13)16(21)19-18-15/h3-10,15H,1-2H3. The first-order chi connectivity index (χ1) is 10.6. The zero-order chi connectivity index (χ0) is 15.7. The van der Waals surface area contributed by atoms with E-state index >= 15 is 0 Å². The Morgan fingerprint density at radius 3 is 2.41 bits per heavy atom. The van der Waals surface area contributed by atoms with E-state index in [0.717, 1.165) is 11.1 Å². The van der Waals surface area contributed by atoms with Crippen LogP contribution >= 0.6 is 0 Å². The Hall–Kier alpha value is -2.82. The lowest BCUT2D eigenvalue weighted by atomic mass is 9.93. The molecule has 1 unspecified atom stereocenters. The van der Waals surface area contributed by atoms with Gasteiger partial charge in [0.2, 0.25) is 0 Å². The summed E-state index contributed by atoms with van der Waals surface area (Å²) in [4.78, 5) is 25.2. The van der Waals surface area contributed by atoms with Gasteiger partial charge in [0.25, 0.3) is 11.8 Å². The molecule has 1 heterocycles. The van der Waals surface area contributed by atoms with E-state index in [0.29, 0.717) is 11.1 Å². The molecular weight excluding hydrogens is 278 g/mol. The zero-order valence-electron chi connectivity index (χ0n) is 12.4. The number of amides is 2. The third-order valence-corrected chi connectivity index (χ3v) is 3.63. The van der Waals surface area contributed by atoms with Gasteiger partial charge in [0.1, 0.15) is 6.04 Å². The summed E-state index contributed by atoms with van der Waals surface area (Å²) in [6.45, 7) is 0. The molecule has 1 aliphatic heterocycles. The van der Waals surface area contributed by atoms with Gasteiger partial charge in [-0.3, -0.25) is 9.59 Å². The van der Waals surface area contributed by atoms with Crippen molar-refractivity contribution in [1.82, 2.24) is 4.90 Å². The Balaban J connectivity index is 1.97. The van der Waals surface area contributed by atoms with Crippen LogP contribution in [0, 0.1) is 0 Å². The highest BCUT2D eigenvalue weighted by Crippen LogP contribution is 2.32. The summed E-state index contributed by atoms with van der Waals surface area (Å²) >= 11 is 0. The topological polar surface area (TPSA) is 62.1 Å². The maximum absolute atomic E-state index is 11.9. The van der Waals surface area contributed by atoms with Crippen molar-refractivity contribution in [3.63, 3.8) is 0 Å². The largest absolute Gasteiger partial charge is 0.345 e. The maximum Gasteiger partial charge on any atom is 0.295 e. The van der Waals surface area contributed by atoms with E-state index in [9.17, 15) is 9.59 Å². The molecule has 0 radical (unpaired) electrons. The lowest BCUT2D eigenvalue weighted by Crippen LogP contribution is -2.21. The van der Waals surface area contributed by atoms with Crippen LogP contribution in [0.25, 0.3) is 0 Å². The predicted molar refractivity (Wildman–Crippen MR) is 81.9 cm³/mol. The van der Waals surface area contributed by atoms with Crippen LogP contribution in [0.1, 0.15) is 37.9 Å². The SMILES string of the molecule is CN(C)C(=O)c1ccc(C2N=NC(=O)c3ccccc32)cc1. The second-order valence-electron chi connectivity index (χ2n) is 5.33. The molecule has 0 bridgehead atoms. The fourth-order valence-corrected chi connectivity index (χ4v) is 2.47. The van der Waals surface area contributed by atoms with E-state index in [1.54, 1.807) is 32.3 Å². The maximum atomic E-state index is 11.9. The molecule has 0 N–H and O–H groups in total. The number of hydrogen-bond acceptors (Lipinski definition) is 3. The van der Waals surface area contributed by atoms with Crippen molar-refractivity contribution in [2.45, 2.75) is 6.04 Å². The van der Waals surface area contributed by atoms with Crippen LogP contribution < -0.4 is 0 Å². The van der Waals surface area contributed by atoms with Gasteiger partial charge in [-0.1, -0.05) is 30.3 Å². The monoisotopic (exact) mass is 293 g/mol. The number of carbonyl (C=O) groups excluding carboxylic acids is 2. The molecule has 0 saturated carbocycles. The van der Waals surface area contributed by atoms with Crippen LogP contribution in [0.2, 0.25) is 0 Å². The van der Waals surface area contributed by atoms with Crippen molar-refractivity contribution in [2.24, 2.45) is 10.2 Å². The Morgan fingerprint density at radius 2 is 1.73 bits per heavy atom. The van der Waals surface area contributed by atoms with Gasteiger partial charge < -0.3 is 4.90 Å². The highest BCUT2D eigenvalue weighted by molar-refractivity contribution is 5.97. The molecule has 0 spiro atoms. The average molecular weight is 293 g/mol. The molecule has 22 heavy (non-hydrogen) atoms. The molecule has 1 aliphatic rings. The number of hydrogen-bond donors (Lipinski definition) is 0. The molecule has 2 aromatic rings. The fourth-order valence-electron chi connectivity index (χ4n) is 2.47. The van der Waals surface area contributed by atoms with Crippen molar-refractivity contribution in [1.29, 1.82) is 0 Å². The third-order valence-electron chi connectivity index (χ3n) is 3.63. The number of nitrogens with zero attached hydrogens (tertiary/aromatic N) is 3. The van der Waals surface area contributed by atoms with Crippen molar-refractivity contribution in [2.75, 3.05) is 14.1 Å². The first kappa shape index (κ1) is 14.1. The van der Waals surface area contributed by atoms with Crippen molar-refractivity contribution >= 4 is 11.8 Å². The number of azo groups is 1. The minimum absolute atomic E-state index is 0.0487. The molecule has 5 heteroatoms. The molecule has 0 aromatic heterocycles. The minimum atomic E-state index is -0.314. The Labute approximate surface area is 128 Å². The first-order valence-electron chi connectivity index (χ1n) is 6.93. The van der Waals surface area contributed by atoms with Crippen molar-refractivity contribution in [3.05, 3.63) is 70.8 Å². The molecule has 0 fully saturated rings. The van der Waals surface area contributed by atoms with Gasteiger partial charge >= 0.3 is 0 Å². The summed E-state index contributed by atoms with van der Waals surface area (Å²) in [5, 5.41) is 7.84. The van der Waals surface area contributed by atoms with E-state index in [1.807, 2.05) is 30.3 Å². The van der Waals surface area contributed by atoms with Crippen LogP contribution in [0.5, 0.6) is 0 Å². The number of fused-ring (bicyclic) bond motifs is 1. The van der Waals surface area contributed by atoms with Gasteiger partial charge in [0.05, 0.1) is 0 Å². The average Bonchev–Trinajstić information content (AvgIpc) is 2.55. The molecule has 0 aliphatic carbocycles. The van der Waals surface area contributed by atoms with Gasteiger partial charge in [0.15, 0.2) is 0 Å². The molecular formula is C17H15N3O2.